The molecule has 1 rings (SSSR count). The summed E-state index contributed by atoms with van der Waals surface area (Å²) >= 11 is 0. The number of aliphatic carboxylic acids is 1. The fraction of sp³-hybridized carbons (Fsp3) is 0.357. The van der Waals surface area contributed by atoms with Gasteiger partial charge in [0, 0.05) is 0 Å². The summed E-state index contributed by atoms with van der Waals surface area (Å²) < 4.78 is 0. The van der Waals surface area contributed by atoms with E-state index in [0.717, 1.165) is 0 Å². The van der Waals surface area contributed by atoms with Crippen LogP contribution in [0.3, 0.4) is 0 Å². The first-order valence-corrected chi connectivity index (χ1v) is 6.47. The number of primary amides is 1. The Balaban J connectivity index is 2.79. The molecule has 0 aliphatic heterocycles. The number of carbonyl (C=O) groups excluding carboxylic acids is 2. The van der Waals surface area contributed by atoms with Crippen molar-refractivity contribution in [3.05, 3.63) is 35.9 Å². The van der Waals surface area contributed by atoms with E-state index in [9.17, 15) is 19.5 Å². The number of benzene rings is 1. The fourth-order valence-electron chi connectivity index (χ4n) is 1.81. The summed E-state index contributed by atoms with van der Waals surface area (Å²) in [5.74, 6) is -2.07. The van der Waals surface area contributed by atoms with Crippen LogP contribution in [0.1, 0.15) is 25.5 Å². The van der Waals surface area contributed by atoms with E-state index in [1.54, 1.807) is 44.2 Å². The molecule has 0 bridgehead atoms. The van der Waals surface area contributed by atoms with Crippen molar-refractivity contribution < 1.29 is 19.5 Å². The van der Waals surface area contributed by atoms with Gasteiger partial charge in [-0.1, -0.05) is 44.2 Å². The second-order valence-electron chi connectivity index (χ2n) is 4.92. The van der Waals surface area contributed by atoms with Gasteiger partial charge in [-0.05, 0) is 11.5 Å². The highest BCUT2D eigenvalue weighted by Gasteiger charge is 2.26. The maximum absolute atomic E-state index is 11.9. The van der Waals surface area contributed by atoms with E-state index in [2.05, 4.69) is 10.6 Å². The molecule has 0 aliphatic rings. The molecule has 3 amide bonds. The number of nitrogens with two attached hydrogens (primary N) is 1. The molecule has 7 heteroatoms. The topological polar surface area (TPSA) is 122 Å². The van der Waals surface area contributed by atoms with Crippen LogP contribution in [0.25, 0.3) is 0 Å². The second-order valence-corrected chi connectivity index (χ2v) is 4.92. The van der Waals surface area contributed by atoms with Gasteiger partial charge in [0.1, 0.15) is 6.04 Å². The Morgan fingerprint density at radius 3 is 2.10 bits per heavy atom. The molecule has 0 heterocycles. The Labute approximate surface area is 122 Å². The molecule has 0 aliphatic carbocycles. The molecule has 0 saturated carbocycles. The lowest BCUT2D eigenvalue weighted by atomic mass is 10.0. The maximum Gasteiger partial charge on any atom is 0.330 e. The van der Waals surface area contributed by atoms with Gasteiger partial charge in [-0.3, -0.25) is 4.79 Å². The standard InChI is InChI=1S/C14H19N3O4/c1-8(2)10(12(15)18)16-14(21)17-11(13(19)20)9-6-4-3-5-7-9/h3-8,10-11H,1-2H3,(H2,15,18)(H,19,20)(H2,16,17,21)/t10?,11-/m1/s1. The summed E-state index contributed by atoms with van der Waals surface area (Å²) in [6, 6.07) is 5.44. The minimum absolute atomic E-state index is 0.201. The van der Waals surface area contributed by atoms with Crippen LogP contribution in [0, 0.1) is 5.92 Å². The molecule has 0 spiro atoms. The summed E-state index contributed by atoms with van der Waals surface area (Å²) in [4.78, 5) is 34.3. The first kappa shape index (κ1) is 16.5. The van der Waals surface area contributed by atoms with Gasteiger partial charge in [-0.2, -0.15) is 0 Å². The number of urea groups is 1. The Hall–Kier alpha value is -2.57. The lowest BCUT2D eigenvalue weighted by Crippen LogP contribution is -2.52. The number of amides is 3. The van der Waals surface area contributed by atoms with E-state index in [1.165, 1.54) is 0 Å². The van der Waals surface area contributed by atoms with Gasteiger partial charge in [0.2, 0.25) is 5.91 Å². The highest BCUT2D eigenvalue weighted by Crippen LogP contribution is 2.12. The first-order valence-electron chi connectivity index (χ1n) is 6.47. The minimum atomic E-state index is -1.20. The normalized spacial score (nSPS) is 13.3. The van der Waals surface area contributed by atoms with Crippen LogP contribution in [0.15, 0.2) is 30.3 Å². The van der Waals surface area contributed by atoms with Crippen molar-refractivity contribution in [1.29, 1.82) is 0 Å². The zero-order valence-electron chi connectivity index (χ0n) is 11.9. The Morgan fingerprint density at radius 1 is 1.10 bits per heavy atom. The zero-order chi connectivity index (χ0) is 16.0. The molecule has 7 nitrogen and oxygen atoms in total. The molecule has 1 aromatic carbocycles. The van der Waals surface area contributed by atoms with Crippen LogP contribution in [0.5, 0.6) is 0 Å². The number of hydrogen-bond acceptors (Lipinski definition) is 3. The molecular formula is C14H19N3O4. The molecule has 2 atom stereocenters. The predicted octanol–water partition coefficient (Wildman–Crippen LogP) is 0.621. The summed E-state index contributed by atoms with van der Waals surface area (Å²) in [6.45, 7) is 3.45. The summed E-state index contributed by atoms with van der Waals surface area (Å²) in [7, 11) is 0. The van der Waals surface area contributed by atoms with E-state index >= 15 is 0 Å². The monoisotopic (exact) mass is 293 g/mol. The van der Waals surface area contributed by atoms with Crippen molar-refractivity contribution in [3.8, 4) is 0 Å². The fourth-order valence-corrected chi connectivity index (χ4v) is 1.81. The third-order valence-corrected chi connectivity index (χ3v) is 2.92. The van der Waals surface area contributed by atoms with E-state index < -0.39 is 30.0 Å². The van der Waals surface area contributed by atoms with Crippen LogP contribution in [-0.4, -0.2) is 29.1 Å². The number of hydrogen-bond donors (Lipinski definition) is 4. The average Bonchev–Trinajstić information content (AvgIpc) is 2.42. The smallest absolute Gasteiger partial charge is 0.330 e. The quantitative estimate of drug-likeness (QED) is 0.614. The van der Waals surface area contributed by atoms with Gasteiger partial charge in [-0.15, -0.1) is 0 Å². The molecule has 0 saturated heterocycles. The van der Waals surface area contributed by atoms with Gasteiger partial charge in [0.05, 0.1) is 0 Å². The van der Waals surface area contributed by atoms with Crippen molar-refractivity contribution >= 4 is 17.9 Å². The van der Waals surface area contributed by atoms with E-state index in [4.69, 9.17) is 5.73 Å². The summed E-state index contributed by atoms with van der Waals surface area (Å²) in [5.41, 5.74) is 5.62. The van der Waals surface area contributed by atoms with E-state index in [1.807, 2.05) is 0 Å². The van der Waals surface area contributed by atoms with Crippen molar-refractivity contribution in [1.82, 2.24) is 10.6 Å². The van der Waals surface area contributed by atoms with Gasteiger partial charge >= 0.3 is 12.0 Å². The third-order valence-electron chi connectivity index (χ3n) is 2.92. The molecule has 1 unspecified atom stereocenters. The predicted molar refractivity (Wildman–Crippen MR) is 76.3 cm³/mol. The highest BCUT2D eigenvalue weighted by molar-refractivity contribution is 5.88. The lowest BCUT2D eigenvalue weighted by Gasteiger charge is -2.21. The van der Waals surface area contributed by atoms with Crippen molar-refractivity contribution in [2.45, 2.75) is 25.9 Å². The SMILES string of the molecule is CC(C)C(NC(=O)N[C@@H](C(=O)O)c1ccccc1)C(N)=O. The van der Waals surface area contributed by atoms with Crippen LogP contribution < -0.4 is 16.4 Å². The highest BCUT2D eigenvalue weighted by atomic mass is 16.4. The third kappa shape index (κ3) is 4.79. The number of rotatable bonds is 6. The molecule has 114 valence electrons. The van der Waals surface area contributed by atoms with Crippen LogP contribution >= 0.6 is 0 Å². The van der Waals surface area contributed by atoms with Gasteiger partial charge < -0.3 is 21.5 Å². The number of carbonyl (C=O) groups is 3. The van der Waals surface area contributed by atoms with Gasteiger partial charge in [-0.25, -0.2) is 9.59 Å². The van der Waals surface area contributed by atoms with Gasteiger partial charge in [0.25, 0.3) is 0 Å². The molecule has 0 radical (unpaired) electrons. The Bertz CT molecular complexity index is 516. The van der Waals surface area contributed by atoms with Crippen LogP contribution in [0.4, 0.5) is 4.79 Å². The zero-order valence-corrected chi connectivity index (χ0v) is 11.9. The largest absolute Gasteiger partial charge is 0.479 e. The van der Waals surface area contributed by atoms with Gasteiger partial charge in [0.15, 0.2) is 6.04 Å². The molecule has 0 fully saturated rings. The molecular weight excluding hydrogens is 274 g/mol. The summed E-state index contributed by atoms with van der Waals surface area (Å²) in [6.07, 6.45) is 0. The van der Waals surface area contributed by atoms with Crippen LogP contribution in [-0.2, 0) is 9.59 Å². The Kier molecular flexibility index (Phi) is 5.71. The number of carboxylic acid groups (broad SMARTS) is 1. The van der Waals surface area contributed by atoms with E-state index in [-0.39, 0.29) is 5.92 Å². The average molecular weight is 293 g/mol. The van der Waals surface area contributed by atoms with E-state index in [0.29, 0.717) is 5.56 Å². The number of carboxylic acids is 1. The number of nitrogens with one attached hydrogen (secondary N) is 2. The van der Waals surface area contributed by atoms with Crippen molar-refractivity contribution in [3.63, 3.8) is 0 Å². The first-order chi connectivity index (χ1) is 9.82. The van der Waals surface area contributed by atoms with Crippen molar-refractivity contribution in [2.75, 3.05) is 0 Å². The molecule has 5 N–H and O–H groups in total. The second kappa shape index (κ2) is 7.28. The van der Waals surface area contributed by atoms with Crippen LogP contribution in [0.2, 0.25) is 0 Å². The molecule has 0 aromatic heterocycles. The lowest BCUT2D eigenvalue weighted by molar-refractivity contribution is -0.139. The maximum atomic E-state index is 11.9. The minimum Gasteiger partial charge on any atom is -0.479 e. The van der Waals surface area contributed by atoms with Crippen molar-refractivity contribution in [2.24, 2.45) is 11.7 Å². The Morgan fingerprint density at radius 2 is 1.67 bits per heavy atom. The molecule has 1 aromatic rings. The molecule has 21 heavy (non-hydrogen) atoms. The summed E-state index contributed by atoms with van der Waals surface area (Å²) in [5, 5.41) is 13.9.